The van der Waals surface area contributed by atoms with Gasteiger partial charge in [0.25, 0.3) is 0 Å². The first-order valence-electron chi connectivity index (χ1n) is 11.4. The Kier molecular flexibility index (Phi) is 6.35. The summed E-state index contributed by atoms with van der Waals surface area (Å²) in [6, 6.07) is 19.0. The molecule has 0 spiro atoms. The lowest BCUT2D eigenvalue weighted by atomic mass is 10.00. The highest BCUT2D eigenvalue weighted by Crippen LogP contribution is 2.33. The number of carbonyl (C=O) groups is 1. The van der Waals surface area contributed by atoms with Crippen molar-refractivity contribution in [2.75, 3.05) is 55.8 Å². The average Bonchev–Trinajstić information content (AvgIpc) is 3.57. The summed E-state index contributed by atoms with van der Waals surface area (Å²) >= 11 is 1.84. The molecule has 0 aromatic heterocycles. The third-order valence-electron chi connectivity index (χ3n) is 6.85. The topological polar surface area (TPSA) is 62.6 Å². The van der Waals surface area contributed by atoms with Gasteiger partial charge in [0.1, 0.15) is 0 Å². The number of amides is 1. The highest BCUT2D eigenvalue weighted by molar-refractivity contribution is 7.99. The van der Waals surface area contributed by atoms with E-state index in [1.807, 2.05) is 47.0 Å². The molecule has 0 saturated carbocycles. The first kappa shape index (κ1) is 21.3. The molecule has 0 aliphatic carbocycles. The number of nitrogens with one attached hydrogen (secondary N) is 1. The van der Waals surface area contributed by atoms with Gasteiger partial charge in [0, 0.05) is 62.3 Å². The number of thioether (sulfide) groups is 1. The zero-order chi connectivity index (χ0) is 21.9. The lowest BCUT2D eigenvalue weighted by molar-refractivity contribution is -0.131. The summed E-state index contributed by atoms with van der Waals surface area (Å²) in [5.41, 5.74) is 4.15. The van der Waals surface area contributed by atoms with Crippen LogP contribution >= 0.6 is 11.8 Å². The highest BCUT2D eigenvalue weighted by atomic mass is 32.2. The van der Waals surface area contributed by atoms with Gasteiger partial charge in [0.05, 0.1) is 23.6 Å². The molecule has 2 aromatic rings. The number of benzene rings is 2. The van der Waals surface area contributed by atoms with E-state index in [9.17, 15) is 10.1 Å². The molecule has 32 heavy (non-hydrogen) atoms. The normalized spacial score (nSPS) is 24.0. The van der Waals surface area contributed by atoms with Crippen molar-refractivity contribution in [3.63, 3.8) is 0 Å². The summed E-state index contributed by atoms with van der Waals surface area (Å²) in [4.78, 5) is 19.7. The van der Waals surface area contributed by atoms with Gasteiger partial charge in [-0.05, 0) is 30.2 Å². The maximum atomic E-state index is 12.7. The van der Waals surface area contributed by atoms with E-state index in [1.54, 1.807) is 0 Å². The molecule has 0 bridgehead atoms. The minimum Gasteiger partial charge on any atom is -0.368 e. The summed E-state index contributed by atoms with van der Waals surface area (Å²) < 4.78 is 0. The Bertz CT molecular complexity index is 993. The van der Waals surface area contributed by atoms with Crippen LogP contribution in [0.1, 0.15) is 12.0 Å². The summed E-state index contributed by atoms with van der Waals surface area (Å²) in [6.07, 6.45) is 0.909. The Labute approximate surface area is 194 Å². The smallest absolute Gasteiger partial charge is 0.240 e. The highest BCUT2D eigenvalue weighted by Gasteiger charge is 2.36. The Morgan fingerprint density at radius 2 is 1.88 bits per heavy atom. The lowest BCUT2D eigenvalue weighted by Gasteiger charge is -2.39. The standard InChI is InChI=1S/C25H29N5OS/c26-16-19-6-7-24(22(14-19)20-4-2-1-3-5-20)29-10-8-28(9-11-29)21-15-23(27-17-21)25(31)30-12-13-32-18-30/h1-7,14,21,23,27H,8-13,15,17-18H2/t21-,23-/m0/s1. The van der Waals surface area contributed by atoms with E-state index in [0.717, 1.165) is 68.4 Å². The van der Waals surface area contributed by atoms with Crippen LogP contribution in [0.25, 0.3) is 11.1 Å². The van der Waals surface area contributed by atoms with Crippen LogP contribution in [-0.4, -0.2) is 78.7 Å². The van der Waals surface area contributed by atoms with Gasteiger partial charge in [0.15, 0.2) is 0 Å². The summed E-state index contributed by atoms with van der Waals surface area (Å²) in [5.74, 6) is 2.18. The summed E-state index contributed by atoms with van der Waals surface area (Å²) in [6.45, 7) is 5.65. The van der Waals surface area contributed by atoms with Crippen molar-refractivity contribution >= 4 is 23.4 Å². The van der Waals surface area contributed by atoms with Crippen LogP contribution in [0, 0.1) is 11.3 Å². The van der Waals surface area contributed by atoms with Crippen LogP contribution in [0.4, 0.5) is 5.69 Å². The predicted octanol–water partition coefficient (Wildman–Crippen LogP) is 2.61. The maximum Gasteiger partial charge on any atom is 0.240 e. The van der Waals surface area contributed by atoms with E-state index in [-0.39, 0.29) is 11.9 Å². The quantitative estimate of drug-likeness (QED) is 0.778. The second kappa shape index (κ2) is 9.53. The van der Waals surface area contributed by atoms with Crippen LogP contribution in [0.5, 0.6) is 0 Å². The second-order valence-corrected chi connectivity index (χ2v) is 9.80. The summed E-state index contributed by atoms with van der Waals surface area (Å²) in [5, 5.41) is 12.9. The van der Waals surface area contributed by atoms with Crippen molar-refractivity contribution in [3.8, 4) is 17.2 Å². The van der Waals surface area contributed by atoms with Crippen LogP contribution in [0.2, 0.25) is 0 Å². The zero-order valence-electron chi connectivity index (χ0n) is 18.2. The first-order valence-corrected chi connectivity index (χ1v) is 12.6. The number of rotatable bonds is 4. The van der Waals surface area contributed by atoms with Crippen molar-refractivity contribution in [2.45, 2.75) is 18.5 Å². The number of hydrogen-bond donors (Lipinski definition) is 1. The molecule has 166 valence electrons. The van der Waals surface area contributed by atoms with Crippen LogP contribution in [0.15, 0.2) is 48.5 Å². The number of nitriles is 1. The van der Waals surface area contributed by atoms with Gasteiger partial charge in [-0.1, -0.05) is 30.3 Å². The first-order chi connectivity index (χ1) is 15.7. The number of hydrogen-bond acceptors (Lipinski definition) is 6. The maximum absolute atomic E-state index is 12.7. The number of carbonyl (C=O) groups excluding carboxylic acids is 1. The molecule has 0 unspecified atom stereocenters. The molecule has 0 radical (unpaired) electrons. The molecular weight excluding hydrogens is 418 g/mol. The Morgan fingerprint density at radius 3 is 2.59 bits per heavy atom. The van der Waals surface area contributed by atoms with Crippen molar-refractivity contribution in [3.05, 3.63) is 54.1 Å². The molecule has 3 saturated heterocycles. The van der Waals surface area contributed by atoms with Crippen LogP contribution in [0.3, 0.4) is 0 Å². The minimum absolute atomic E-state index is 0.0278. The van der Waals surface area contributed by atoms with Gasteiger partial charge in [-0.25, -0.2) is 0 Å². The third-order valence-corrected chi connectivity index (χ3v) is 7.82. The predicted molar refractivity (Wildman–Crippen MR) is 130 cm³/mol. The van der Waals surface area contributed by atoms with E-state index < -0.39 is 0 Å². The largest absolute Gasteiger partial charge is 0.368 e. The number of piperazine rings is 1. The zero-order valence-corrected chi connectivity index (χ0v) is 19.1. The van der Waals surface area contributed by atoms with Gasteiger partial charge in [-0.2, -0.15) is 5.26 Å². The van der Waals surface area contributed by atoms with Crippen LogP contribution < -0.4 is 10.2 Å². The number of nitrogens with zero attached hydrogens (tertiary/aromatic N) is 4. The van der Waals surface area contributed by atoms with Gasteiger partial charge < -0.3 is 15.1 Å². The van der Waals surface area contributed by atoms with E-state index in [1.165, 1.54) is 5.69 Å². The molecule has 3 heterocycles. The van der Waals surface area contributed by atoms with E-state index >= 15 is 0 Å². The molecule has 1 amide bonds. The van der Waals surface area contributed by atoms with Gasteiger partial charge in [-0.15, -0.1) is 11.8 Å². The lowest BCUT2D eigenvalue weighted by Crippen LogP contribution is -2.51. The molecule has 3 fully saturated rings. The molecule has 7 heteroatoms. The molecule has 2 aromatic carbocycles. The van der Waals surface area contributed by atoms with Crippen molar-refractivity contribution < 1.29 is 4.79 Å². The molecule has 3 aliphatic rings. The fourth-order valence-corrected chi connectivity index (χ4v) is 6.01. The fraction of sp³-hybridized carbons (Fsp3) is 0.440. The molecule has 2 atom stereocenters. The molecule has 6 nitrogen and oxygen atoms in total. The SMILES string of the molecule is N#Cc1ccc(N2CCN([C@@H]3CN[C@H](C(=O)N4CCSC4)C3)CC2)c(-c2ccccc2)c1. The molecular formula is C25H29N5OS. The molecule has 5 rings (SSSR count). The minimum atomic E-state index is -0.0278. The van der Waals surface area contributed by atoms with Gasteiger partial charge in [-0.3, -0.25) is 9.69 Å². The monoisotopic (exact) mass is 447 g/mol. The Balaban J connectivity index is 1.24. The number of anilines is 1. The van der Waals surface area contributed by atoms with Crippen molar-refractivity contribution in [1.82, 2.24) is 15.1 Å². The third kappa shape index (κ3) is 4.36. The van der Waals surface area contributed by atoms with Crippen molar-refractivity contribution in [1.29, 1.82) is 5.26 Å². The van der Waals surface area contributed by atoms with Gasteiger partial charge >= 0.3 is 0 Å². The van der Waals surface area contributed by atoms with E-state index in [0.29, 0.717) is 11.6 Å². The van der Waals surface area contributed by atoms with Crippen LogP contribution in [-0.2, 0) is 4.79 Å². The fourth-order valence-electron chi connectivity index (χ4n) is 5.05. The molecule has 3 aliphatic heterocycles. The molecule has 1 N–H and O–H groups in total. The average molecular weight is 448 g/mol. The Hall–Kier alpha value is -2.53. The Morgan fingerprint density at radius 1 is 1.06 bits per heavy atom. The van der Waals surface area contributed by atoms with E-state index in [4.69, 9.17) is 0 Å². The second-order valence-electron chi connectivity index (χ2n) is 8.72. The summed E-state index contributed by atoms with van der Waals surface area (Å²) in [7, 11) is 0. The van der Waals surface area contributed by atoms with E-state index in [2.05, 4.69) is 39.4 Å². The van der Waals surface area contributed by atoms with Crippen molar-refractivity contribution in [2.24, 2.45) is 0 Å². The van der Waals surface area contributed by atoms with Gasteiger partial charge in [0.2, 0.25) is 5.91 Å².